The molecule has 5 heteroatoms. The first-order valence-electron chi connectivity index (χ1n) is 10.1. The van der Waals surface area contributed by atoms with Crippen LogP contribution in [0, 0.1) is 6.92 Å². The van der Waals surface area contributed by atoms with E-state index in [0.29, 0.717) is 12.1 Å². The second kappa shape index (κ2) is 8.57. The summed E-state index contributed by atoms with van der Waals surface area (Å²) in [5.74, 6) is 1.83. The highest BCUT2D eigenvalue weighted by Crippen LogP contribution is 2.27. The Bertz CT molecular complexity index is 929. The molecule has 28 heavy (non-hydrogen) atoms. The molecule has 2 atom stereocenters. The molecular formula is C23H28N4O. The summed E-state index contributed by atoms with van der Waals surface area (Å²) in [5, 5.41) is 8.49. The molecule has 0 bridgehead atoms. The third-order valence-corrected chi connectivity index (χ3v) is 5.55. The van der Waals surface area contributed by atoms with Gasteiger partial charge < -0.3 is 15.4 Å². The van der Waals surface area contributed by atoms with Crippen molar-refractivity contribution in [2.45, 2.75) is 51.2 Å². The molecule has 0 spiro atoms. The molecule has 0 radical (unpaired) electrons. The Balaban J connectivity index is 1.40. The van der Waals surface area contributed by atoms with Crippen LogP contribution in [0.15, 0.2) is 48.7 Å². The molecule has 1 aliphatic rings. The minimum absolute atomic E-state index is 0.442. The first-order chi connectivity index (χ1) is 13.7. The zero-order valence-corrected chi connectivity index (χ0v) is 16.6. The Kier molecular flexibility index (Phi) is 5.72. The van der Waals surface area contributed by atoms with E-state index in [9.17, 15) is 0 Å². The van der Waals surface area contributed by atoms with Crippen LogP contribution >= 0.6 is 0 Å². The van der Waals surface area contributed by atoms with Crippen molar-refractivity contribution in [3.63, 3.8) is 0 Å². The average Bonchev–Trinajstić information content (AvgIpc) is 2.73. The Morgan fingerprint density at radius 2 is 2.00 bits per heavy atom. The highest BCUT2D eigenvalue weighted by Gasteiger charge is 2.22. The molecule has 2 unspecified atom stereocenters. The number of aryl methyl sites for hydroxylation is 1. The second-order valence-electron chi connectivity index (χ2n) is 7.61. The first kappa shape index (κ1) is 18.7. The largest absolute Gasteiger partial charge is 0.497 e. The van der Waals surface area contributed by atoms with Gasteiger partial charge >= 0.3 is 0 Å². The number of anilines is 1. The van der Waals surface area contributed by atoms with Crippen molar-refractivity contribution in [1.82, 2.24) is 15.3 Å². The summed E-state index contributed by atoms with van der Waals surface area (Å²) in [6, 6.07) is 15.2. The summed E-state index contributed by atoms with van der Waals surface area (Å²) in [5.41, 5.74) is 3.32. The predicted molar refractivity (Wildman–Crippen MR) is 114 cm³/mol. The van der Waals surface area contributed by atoms with Crippen molar-refractivity contribution in [3.05, 3.63) is 59.9 Å². The summed E-state index contributed by atoms with van der Waals surface area (Å²) in [6.07, 6.45) is 6.58. The first-order valence-corrected chi connectivity index (χ1v) is 10.1. The number of nitrogens with one attached hydrogen (secondary N) is 2. The molecule has 4 rings (SSSR count). The van der Waals surface area contributed by atoms with Gasteiger partial charge in [0.05, 0.1) is 18.3 Å². The normalized spacial score (nSPS) is 19.5. The van der Waals surface area contributed by atoms with Crippen molar-refractivity contribution in [2.75, 3.05) is 12.4 Å². The van der Waals surface area contributed by atoms with Gasteiger partial charge in [-0.05, 0) is 74.6 Å². The van der Waals surface area contributed by atoms with Gasteiger partial charge in [0.25, 0.3) is 0 Å². The molecule has 2 N–H and O–H groups in total. The van der Waals surface area contributed by atoms with Gasteiger partial charge in [-0.3, -0.25) is 4.98 Å². The number of hydrogen-bond donors (Lipinski definition) is 2. The maximum Gasteiger partial charge on any atom is 0.127 e. The molecule has 0 amide bonds. The Morgan fingerprint density at radius 1 is 1.11 bits per heavy atom. The molecule has 146 valence electrons. The van der Waals surface area contributed by atoms with Crippen LogP contribution in [0.4, 0.5) is 5.82 Å². The van der Waals surface area contributed by atoms with E-state index in [2.05, 4.69) is 40.7 Å². The van der Waals surface area contributed by atoms with Crippen LogP contribution < -0.4 is 15.4 Å². The molecule has 1 fully saturated rings. The Morgan fingerprint density at radius 3 is 2.82 bits per heavy atom. The van der Waals surface area contributed by atoms with E-state index in [1.165, 1.54) is 24.8 Å². The van der Waals surface area contributed by atoms with Crippen LogP contribution in [0.25, 0.3) is 10.9 Å². The Hall–Kier alpha value is -2.66. The number of rotatable bonds is 6. The van der Waals surface area contributed by atoms with Gasteiger partial charge in [0, 0.05) is 30.2 Å². The van der Waals surface area contributed by atoms with Crippen LogP contribution in [0.1, 0.15) is 36.9 Å². The molecule has 0 aliphatic heterocycles. The minimum atomic E-state index is 0.442. The third-order valence-electron chi connectivity index (χ3n) is 5.55. The van der Waals surface area contributed by atoms with Gasteiger partial charge in [0.2, 0.25) is 0 Å². The quantitative estimate of drug-likeness (QED) is 0.665. The molecule has 0 saturated heterocycles. The van der Waals surface area contributed by atoms with E-state index in [1.807, 2.05) is 30.5 Å². The third kappa shape index (κ3) is 4.42. The number of benzene rings is 1. The zero-order valence-electron chi connectivity index (χ0n) is 16.6. The van der Waals surface area contributed by atoms with Crippen LogP contribution in [0.5, 0.6) is 5.75 Å². The van der Waals surface area contributed by atoms with E-state index in [-0.39, 0.29) is 0 Å². The van der Waals surface area contributed by atoms with Crippen molar-refractivity contribution >= 4 is 16.7 Å². The molecule has 1 aliphatic carbocycles. The fraction of sp³-hybridized carbons (Fsp3) is 0.391. The summed E-state index contributed by atoms with van der Waals surface area (Å²) < 4.78 is 5.34. The minimum Gasteiger partial charge on any atom is -0.497 e. The Labute approximate surface area is 166 Å². The number of hydrogen-bond acceptors (Lipinski definition) is 5. The zero-order chi connectivity index (χ0) is 19.3. The fourth-order valence-electron chi connectivity index (χ4n) is 4.04. The van der Waals surface area contributed by atoms with E-state index in [1.54, 1.807) is 7.11 Å². The highest BCUT2D eigenvalue weighted by atomic mass is 16.5. The van der Waals surface area contributed by atoms with Crippen LogP contribution in [0.3, 0.4) is 0 Å². The van der Waals surface area contributed by atoms with Crippen LogP contribution in [-0.2, 0) is 6.54 Å². The van der Waals surface area contributed by atoms with Gasteiger partial charge in [-0.1, -0.05) is 6.07 Å². The van der Waals surface area contributed by atoms with Gasteiger partial charge in [-0.15, -0.1) is 0 Å². The maximum atomic E-state index is 5.34. The fourth-order valence-corrected chi connectivity index (χ4v) is 4.04. The number of fused-ring (bicyclic) bond motifs is 1. The molecule has 1 aromatic carbocycles. The summed E-state index contributed by atoms with van der Waals surface area (Å²) in [4.78, 5) is 9.23. The lowest BCUT2D eigenvalue weighted by Gasteiger charge is -2.31. The van der Waals surface area contributed by atoms with Crippen LogP contribution in [-0.4, -0.2) is 29.2 Å². The predicted octanol–water partition coefficient (Wildman–Crippen LogP) is 4.46. The second-order valence-corrected chi connectivity index (χ2v) is 7.61. The molecule has 1 saturated carbocycles. The van der Waals surface area contributed by atoms with Gasteiger partial charge in [0.1, 0.15) is 11.6 Å². The molecule has 5 nitrogen and oxygen atoms in total. The lowest BCUT2D eigenvalue weighted by molar-refractivity contribution is 0.349. The SMILES string of the molecule is COc1ccc2nc(NC3CCCC(NCc4ccccn4)C3)cc(C)c2c1. The van der Waals surface area contributed by atoms with E-state index in [4.69, 9.17) is 9.72 Å². The maximum absolute atomic E-state index is 5.34. The average molecular weight is 377 g/mol. The smallest absolute Gasteiger partial charge is 0.127 e. The van der Waals surface area contributed by atoms with Gasteiger partial charge in [-0.25, -0.2) is 4.98 Å². The number of nitrogens with zero attached hydrogens (tertiary/aromatic N) is 2. The number of pyridine rings is 2. The lowest BCUT2D eigenvalue weighted by atomic mass is 9.91. The molecular weight excluding hydrogens is 348 g/mol. The topological polar surface area (TPSA) is 59.1 Å². The van der Waals surface area contributed by atoms with E-state index >= 15 is 0 Å². The number of aromatic nitrogens is 2. The van der Waals surface area contributed by atoms with Crippen molar-refractivity contribution in [3.8, 4) is 5.75 Å². The molecule has 3 aromatic rings. The summed E-state index contributed by atoms with van der Waals surface area (Å²) in [6.45, 7) is 2.96. The van der Waals surface area contributed by atoms with Crippen molar-refractivity contribution in [1.29, 1.82) is 0 Å². The van der Waals surface area contributed by atoms with Gasteiger partial charge in [-0.2, -0.15) is 0 Å². The highest BCUT2D eigenvalue weighted by molar-refractivity contribution is 5.85. The summed E-state index contributed by atoms with van der Waals surface area (Å²) >= 11 is 0. The molecule has 2 heterocycles. The molecule has 2 aromatic heterocycles. The number of methoxy groups -OCH3 is 1. The monoisotopic (exact) mass is 376 g/mol. The lowest BCUT2D eigenvalue weighted by Crippen LogP contribution is -2.38. The van der Waals surface area contributed by atoms with Gasteiger partial charge in [0.15, 0.2) is 0 Å². The van der Waals surface area contributed by atoms with Crippen molar-refractivity contribution < 1.29 is 4.74 Å². The van der Waals surface area contributed by atoms with Crippen LogP contribution in [0.2, 0.25) is 0 Å². The van der Waals surface area contributed by atoms with Crippen molar-refractivity contribution in [2.24, 2.45) is 0 Å². The van der Waals surface area contributed by atoms with E-state index in [0.717, 1.165) is 41.1 Å². The summed E-state index contributed by atoms with van der Waals surface area (Å²) in [7, 11) is 1.70. The van der Waals surface area contributed by atoms with E-state index < -0.39 is 0 Å². The standard InChI is InChI=1S/C23H28N4O/c1-16-12-23(27-22-10-9-20(28-2)14-21(16)22)26-18-8-5-7-17(13-18)25-15-19-6-3-4-11-24-19/h3-4,6,9-12,14,17-18,25H,5,7-8,13,15H2,1-2H3,(H,26,27). The number of ether oxygens (including phenoxy) is 1.